The topological polar surface area (TPSA) is 122 Å². The van der Waals surface area contributed by atoms with Crippen molar-refractivity contribution in [3.63, 3.8) is 0 Å². The van der Waals surface area contributed by atoms with Crippen LogP contribution in [-0.2, 0) is 38.5 Å². The summed E-state index contributed by atoms with van der Waals surface area (Å²) in [5.41, 5.74) is 2.23. The molecule has 0 heterocycles. The fourth-order valence-corrected chi connectivity index (χ4v) is 3.50. The molecule has 2 aromatic rings. The third-order valence-corrected chi connectivity index (χ3v) is 5.23. The summed E-state index contributed by atoms with van der Waals surface area (Å²) in [6.07, 6.45) is 0.685. The van der Waals surface area contributed by atoms with Gasteiger partial charge in [0.2, 0.25) is 0 Å². The first-order chi connectivity index (χ1) is 16.5. The van der Waals surface area contributed by atoms with Gasteiger partial charge >= 0.3 is 18.0 Å². The number of alkyl carbamates (subject to hydrolysis) is 1. The van der Waals surface area contributed by atoms with Crippen LogP contribution in [0.15, 0.2) is 54.6 Å². The van der Waals surface area contributed by atoms with E-state index < -0.39 is 35.6 Å². The van der Waals surface area contributed by atoms with Gasteiger partial charge in [-0.1, -0.05) is 54.6 Å². The van der Waals surface area contributed by atoms with E-state index in [1.54, 1.807) is 20.8 Å². The Balaban J connectivity index is 1.85. The van der Waals surface area contributed by atoms with E-state index in [9.17, 15) is 24.6 Å². The fourth-order valence-electron chi connectivity index (χ4n) is 3.50. The molecule has 2 rings (SSSR count). The minimum Gasteiger partial charge on any atom is -0.481 e. The summed E-state index contributed by atoms with van der Waals surface area (Å²) < 4.78 is 10.8. The molecule has 8 heteroatoms. The lowest BCUT2D eigenvalue weighted by molar-refractivity contribution is -0.144. The summed E-state index contributed by atoms with van der Waals surface area (Å²) >= 11 is 0. The molecule has 0 aliphatic heterocycles. The number of nitrogens with one attached hydrogen (secondary N) is 1. The number of carboxylic acids is 2. The Morgan fingerprint density at radius 2 is 1.51 bits per heavy atom. The van der Waals surface area contributed by atoms with E-state index >= 15 is 0 Å². The maximum absolute atomic E-state index is 12.0. The van der Waals surface area contributed by atoms with Gasteiger partial charge in [0.1, 0.15) is 11.6 Å². The number of ether oxygens (including phenoxy) is 2. The van der Waals surface area contributed by atoms with Crippen LogP contribution in [0.25, 0.3) is 0 Å². The highest BCUT2D eigenvalue weighted by Gasteiger charge is 2.30. The van der Waals surface area contributed by atoms with E-state index in [4.69, 9.17) is 9.47 Å². The predicted molar refractivity (Wildman–Crippen MR) is 131 cm³/mol. The second-order valence-corrected chi connectivity index (χ2v) is 9.47. The fraction of sp³-hybridized carbons (Fsp3) is 0.444. The van der Waals surface area contributed by atoms with Crippen molar-refractivity contribution in [3.8, 4) is 0 Å². The van der Waals surface area contributed by atoms with E-state index in [-0.39, 0.29) is 12.8 Å². The summed E-state index contributed by atoms with van der Waals surface area (Å²) in [7, 11) is 0. The molecule has 0 aliphatic carbocycles. The Morgan fingerprint density at radius 1 is 0.886 bits per heavy atom. The van der Waals surface area contributed by atoms with Gasteiger partial charge in [-0.2, -0.15) is 0 Å². The van der Waals surface area contributed by atoms with Gasteiger partial charge in [-0.05, 0) is 63.1 Å². The molecule has 0 fully saturated rings. The Labute approximate surface area is 206 Å². The monoisotopic (exact) mass is 485 g/mol. The van der Waals surface area contributed by atoms with Crippen molar-refractivity contribution in [2.24, 2.45) is 5.92 Å². The molecule has 35 heavy (non-hydrogen) atoms. The molecular weight excluding hydrogens is 450 g/mol. The summed E-state index contributed by atoms with van der Waals surface area (Å²) in [4.78, 5) is 35.4. The lowest BCUT2D eigenvalue weighted by Crippen LogP contribution is -2.45. The number of rotatable bonds is 13. The van der Waals surface area contributed by atoms with Gasteiger partial charge in [0.25, 0.3) is 0 Å². The van der Waals surface area contributed by atoms with E-state index in [1.165, 1.54) is 0 Å². The first kappa shape index (κ1) is 27.9. The highest BCUT2D eigenvalue weighted by molar-refractivity contribution is 5.81. The molecule has 0 radical (unpaired) electrons. The molecule has 190 valence electrons. The molecule has 2 atom stereocenters. The lowest BCUT2D eigenvalue weighted by atomic mass is 9.92. The van der Waals surface area contributed by atoms with Gasteiger partial charge in [0.05, 0.1) is 12.5 Å². The number of amides is 1. The van der Waals surface area contributed by atoms with Crippen molar-refractivity contribution < 1.29 is 34.1 Å². The number of aryl methyl sites for hydroxylation is 1. The predicted octanol–water partition coefficient (Wildman–Crippen LogP) is 4.45. The average molecular weight is 486 g/mol. The van der Waals surface area contributed by atoms with Crippen LogP contribution in [-0.4, -0.2) is 46.5 Å². The van der Waals surface area contributed by atoms with E-state index in [0.29, 0.717) is 13.2 Å². The molecule has 0 aliphatic rings. The number of hydrogen-bond acceptors (Lipinski definition) is 5. The van der Waals surface area contributed by atoms with E-state index in [1.807, 2.05) is 54.6 Å². The standard InChI is InChI=1S/C27H35NO7/c1-27(2,3)35-26(33)28-23(25(31)32)17-22(24(29)30)16-20-13-11-19(12-14-20)10-7-15-34-18-21-8-5-4-6-9-21/h4-6,8-9,11-14,22-23H,7,10,15-18H2,1-3H3,(H,28,33)(H,29,30)(H,31,32)/t22-,23-/m0/s1. The van der Waals surface area contributed by atoms with Gasteiger partial charge in [-0.3, -0.25) is 4.79 Å². The van der Waals surface area contributed by atoms with Gasteiger partial charge in [0.15, 0.2) is 0 Å². The SMILES string of the molecule is CC(C)(C)OC(=O)N[C@@H](C[C@H](Cc1ccc(CCCOCc2ccccc2)cc1)C(=O)O)C(=O)O. The third-order valence-electron chi connectivity index (χ3n) is 5.23. The van der Waals surface area contributed by atoms with Crippen LogP contribution >= 0.6 is 0 Å². The maximum Gasteiger partial charge on any atom is 0.408 e. The second kappa shape index (κ2) is 13.5. The van der Waals surface area contributed by atoms with Crippen molar-refractivity contribution >= 4 is 18.0 Å². The summed E-state index contributed by atoms with van der Waals surface area (Å²) in [6, 6.07) is 16.2. The van der Waals surface area contributed by atoms with Crippen molar-refractivity contribution in [2.75, 3.05) is 6.61 Å². The van der Waals surface area contributed by atoms with Crippen LogP contribution < -0.4 is 5.32 Å². The Hall–Kier alpha value is -3.39. The molecule has 0 unspecified atom stereocenters. The van der Waals surface area contributed by atoms with Crippen LogP contribution in [0.1, 0.15) is 50.3 Å². The lowest BCUT2D eigenvalue weighted by Gasteiger charge is -2.23. The van der Waals surface area contributed by atoms with E-state index in [2.05, 4.69) is 5.32 Å². The molecule has 1 amide bonds. The van der Waals surface area contributed by atoms with Gasteiger partial charge in [-0.25, -0.2) is 9.59 Å². The largest absolute Gasteiger partial charge is 0.481 e. The smallest absolute Gasteiger partial charge is 0.408 e. The number of aliphatic carboxylic acids is 2. The quantitative estimate of drug-likeness (QED) is 0.358. The number of benzene rings is 2. The number of carbonyl (C=O) groups excluding carboxylic acids is 1. The zero-order valence-electron chi connectivity index (χ0n) is 20.5. The molecule has 0 saturated carbocycles. The van der Waals surface area contributed by atoms with Gasteiger partial charge < -0.3 is 25.0 Å². The average Bonchev–Trinajstić information content (AvgIpc) is 2.78. The number of carbonyl (C=O) groups is 3. The van der Waals surface area contributed by atoms with Crippen LogP contribution in [0.2, 0.25) is 0 Å². The van der Waals surface area contributed by atoms with Crippen LogP contribution in [0.4, 0.5) is 4.79 Å². The summed E-state index contributed by atoms with van der Waals surface area (Å²) in [5.74, 6) is -3.42. The van der Waals surface area contributed by atoms with Crippen LogP contribution in [0, 0.1) is 5.92 Å². The maximum atomic E-state index is 12.0. The minimum absolute atomic E-state index is 0.148. The Kier molecular flexibility index (Phi) is 10.7. The molecule has 8 nitrogen and oxygen atoms in total. The van der Waals surface area contributed by atoms with Gasteiger partial charge in [0, 0.05) is 6.61 Å². The Morgan fingerprint density at radius 3 is 2.09 bits per heavy atom. The molecular formula is C27H35NO7. The van der Waals surface area contributed by atoms with Gasteiger partial charge in [-0.15, -0.1) is 0 Å². The molecule has 0 aromatic heterocycles. The molecule has 0 saturated heterocycles. The molecule has 2 aromatic carbocycles. The van der Waals surface area contributed by atoms with Crippen molar-refractivity contribution in [1.82, 2.24) is 5.32 Å². The normalized spacial score (nSPS) is 13.0. The van der Waals surface area contributed by atoms with Crippen LogP contribution in [0.3, 0.4) is 0 Å². The molecule has 0 bridgehead atoms. The number of hydrogen-bond donors (Lipinski definition) is 3. The summed E-state index contributed by atoms with van der Waals surface area (Å²) in [5, 5.41) is 21.4. The zero-order chi connectivity index (χ0) is 25.8. The van der Waals surface area contributed by atoms with Crippen LogP contribution in [0.5, 0.6) is 0 Å². The molecule has 3 N–H and O–H groups in total. The minimum atomic E-state index is -1.37. The Bertz CT molecular complexity index is 952. The highest BCUT2D eigenvalue weighted by atomic mass is 16.6. The molecule has 0 spiro atoms. The highest BCUT2D eigenvalue weighted by Crippen LogP contribution is 2.18. The first-order valence-corrected chi connectivity index (χ1v) is 11.7. The van der Waals surface area contributed by atoms with Crippen molar-refractivity contribution in [3.05, 3.63) is 71.3 Å². The summed E-state index contributed by atoms with van der Waals surface area (Å²) in [6.45, 7) is 6.19. The second-order valence-electron chi connectivity index (χ2n) is 9.47. The zero-order valence-corrected chi connectivity index (χ0v) is 20.5. The van der Waals surface area contributed by atoms with E-state index in [0.717, 1.165) is 29.5 Å². The first-order valence-electron chi connectivity index (χ1n) is 11.7. The van der Waals surface area contributed by atoms with Crippen molar-refractivity contribution in [1.29, 1.82) is 0 Å². The van der Waals surface area contributed by atoms with Crippen molar-refractivity contribution in [2.45, 2.75) is 64.7 Å². The third kappa shape index (κ3) is 11.1. The number of carboxylic acid groups (broad SMARTS) is 2.